The summed E-state index contributed by atoms with van der Waals surface area (Å²) in [4.78, 5) is 35.4. The molecule has 1 rings (SSSR count). The highest BCUT2D eigenvalue weighted by Crippen LogP contribution is 2.28. The van der Waals surface area contributed by atoms with E-state index in [0.29, 0.717) is 12.2 Å². The number of carboxylic acids is 1. The topological polar surface area (TPSA) is 114 Å². The lowest BCUT2D eigenvalue weighted by molar-refractivity contribution is -0.139. The Morgan fingerprint density at radius 2 is 1.74 bits per heavy atom. The van der Waals surface area contributed by atoms with E-state index in [4.69, 9.17) is 9.47 Å². The zero-order valence-corrected chi connectivity index (χ0v) is 16.4. The lowest BCUT2D eigenvalue weighted by Gasteiger charge is -2.17. The zero-order valence-electron chi connectivity index (χ0n) is 16.4. The van der Waals surface area contributed by atoms with Crippen LogP contribution in [0.4, 0.5) is 0 Å². The number of hydrogen-bond donors (Lipinski definition) is 3. The second-order valence-corrected chi connectivity index (χ2v) is 6.87. The van der Waals surface area contributed by atoms with Gasteiger partial charge in [-0.15, -0.1) is 0 Å². The molecule has 150 valence electrons. The van der Waals surface area contributed by atoms with E-state index in [9.17, 15) is 19.5 Å². The van der Waals surface area contributed by atoms with Crippen molar-refractivity contribution in [1.82, 2.24) is 10.6 Å². The Labute approximate surface area is 159 Å². The number of carbonyl (C=O) groups excluding carboxylic acids is 2. The van der Waals surface area contributed by atoms with E-state index < -0.39 is 17.9 Å². The highest BCUT2D eigenvalue weighted by Gasteiger charge is 2.22. The number of benzene rings is 1. The summed E-state index contributed by atoms with van der Waals surface area (Å²) in [5.74, 6) is -1.17. The molecule has 0 aliphatic carbocycles. The van der Waals surface area contributed by atoms with Gasteiger partial charge in [-0.05, 0) is 44.4 Å². The van der Waals surface area contributed by atoms with Crippen LogP contribution in [-0.2, 0) is 9.59 Å². The van der Waals surface area contributed by atoms with Gasteiger partial charge in [-0.1, -0.05) is 13.8 Å². The van der Waals surface area contributed by atoms with Crippen LogP contribution in [0.2, 0.25) is 0 Å². The summed E-state index contributed by atoms with van der Waals surface area (Å²) in [6.07, 6.45) is 0.324. The van der Waals surface area contributed by atoms with Crippen LogP contribution in [-0.4, -0.2) is 48.7 Å². The van der Waals surface area contributed by atoms with Crippen LogP contribution >= 0.6 is 0 Å². The Hall–Kier alpha value is -2.77. The Morgan fingerprint density at radius 1 is 1.07 bits per heavy atom. The number of amides is 2. The number of hydrogen-bond acceptors (Lipinski definition) is 5. The molecule has 0 fully saturated rings. The van der Waals surface area contributed by atoms with Crippen LogP contribution in [0.15, 0.2) is 18.2 Å². The van der Waals surface area contributed by atoms with Gasteiger partial charge >= 0.3 is 5.97 Å². The molecule has 8 nitrogen and oxygen atoms in total. The standard InChI is InChI=1S/C19H28N2O6/c1-11(2)8-14(19(24)25)21-18(23)13-6-7-15(16(9-13)26-5)27-10-17(22)20-12(3)4/h6-7,9,11-12,14H,8,10H2,1-5H3,(H,20,22)(H,21,23)(H,24,25)/t14-/m1/s1. The van der Waals surface area contributed by atoms with E-state index in [2.05, 4.69) is 10.6 Å². The summed E-state index contributed by atoms with van der Waals surface area (Å²) >= 11 is 0. The molecule has 0 saturated heterocycles. The van der Waals surface area contributed by atoms with E-state index >= 15 is 0 Å². The Bertz CT molecular complexity index is 672. The van der Waals surface area contributed by atoms with Gasteiger partial charge < -0.3 is 25.2 Å². The molecule has 27 heavy (non-hydrogen) atoms. The van der Waals surface area contributed by atoms with Gasteiger partial charge in [0.1, 0.15) is 6.04 Å². The highest BCUT2D eigenvalue weighted by atomic mass is 16.5. The number of nitrogens with one attached hydrogen (secondary N) is 2. The third-order valence-electron chi connectivity index (χ3n) is 3.54. The molecule has 0 aliphatic rings. The van der Waals surface area contributed by atoms with Crippen LogP contribution in [0.25, 0.3) is 0 Å². The number of carbonyl (C=O) groups is 3. The maximum atomic E-state index is 12.4. The summed E-state index contributed by atoms with van der Waals surface area (Å²) in [7, 11) is 1.41. The monoisotopic (exact) mass is 380 g/mol. The molecule has 1 aromatic carbocycles. The van der Waals surface area contributed by atoms with Gasteiger partial charge in [-0.25, -0.2) is 4.79 Å². The van der Waals surface area contributed by atoms with Gasteiger partial charge in [-0.2, -0.15) is 0 Å². The predicted molar refractivity (Wildman–Crippen MR) is 100 cm³/mol. The molecule has 0 saturated carbocycles. The van der Waals surface area contributed by atoms with Crippen molar-refractivity contribution in [2.75, 3.05) is 13.7 Å². The van der Waals surface area contributed by atoms with Gasteiger partial charge in [0.15, 0.2) is 18.1 Å². The maximum Gasteiger partial charge on any atom is 0.326 e. The zero-order chi connectivity index (χ0) is 20.6. The van der Waals surface area contributed by atoms with Crippen molar-refractivity contribution >= 4 is 17.8 Å². The van der Waals surface area contributed by atoms with Crippen molar-refractivity contribution in [3.8, 4) is 11.5 Å². The van der Waals surface area contributed by atoms with Gasteiger partial charge in [0.05, 0.1) is 7.11 Å². The van der Waals surface area contributed by atoms with Crippen LogP contribution in [0.1, 0.15) is 44.5 Å². The number of aliphatic carboxylic acids is 1. The molecule has 0 unspecified atom stereocenters. The van der Waals surface area contributed by atoms with E-state index in [0.717, 1.165) is 0 Å². The lowest BCUT2D eigenvalue weighted by Crippen LogP contribution is -2.41. The van der Waals surface area contributed by atoms with Crippen molar-refractivity contribution in [3.05, 3.63) is 23.8 Å². The SMILES string of the molecule is COc1cc(C(=O)N[C@H](CC(C)C)C(=O)O)ccc1OCC(=O)NC(C)C. The molecule has 0 aromatic heterocycles. The van der Waals surface area contributed by atoms with Crippen molar-refractivity contribution in [3.63, 3.8) is 0 Å². The average molecular weight is 380 g/mol. The molecule has 0 radical (unpaired) electrons. The summed E-state index contributed by atoms with van der Waals surface area (Å²) in [5.41, 5.74) is 0.237. The molecule has 1 atom stereocenters. The normalized spacial score (nSPS) is 11.8. The van der Waals surface area contributed by atoms with Crippen molar-refractivity contribution < 1.29 is 29.0 Å². The first-order valence-corrected chi connectivity index (χ1v) is 8.77. The minimum Gasteiger partial charge on any atom is -0.493 e. The number of methoxy groups -OCH3 is 1. The second-order valence-electron chi connectivity index (χ2n) is 6.87. The van der Waals surface area contributed by atoms with Gasteiger partial charge in [0, 0.05) is 11.6 Å². The summed E-state index contributed by atoms with van der Waals surface area (Å²) < 4.78 is 10.6. The summed E-state index contributed by atoms with van der Waals surface area (Å²) in [6.45, 7) is 7.26. The molecule has 2 amide bonds. The third-order valence-corrected chi connectivity index (χ3v) is 3.54. The van der Waals surface area contributed by atoms with Crippen LogP contribution in [0.3, 0.4) is 0 Å². The van der Waals surface area contributed by atoms with Gasteiger partial charge in [0.25, 0.3) is 11.8 Å². The van der Waals surface area contributed by atoms with Gasteiger partial charge in [0.2, 0.25) is 0 Å². The van der Waals surface area contributed by atoms with E-state index in [1.807, 2.05) is 27.7 Å². The second kappa shape index (κ2) is 10.4. The van der Waals surface area contributed by atoms with Crippen LogP contribution in [0.5, 0.6) is 11.5 Å². The van der Waals surface area contributed by atoms with Crippen LogP contribution < -0.4 is 20.1 Å². The molecule has 3 N–H and O–H groups in total. The molecule has 0 bridgehead atoms. The summed E-state index contributed by atoms with van der Waals surface area (Å²) in [5, 5.41) is 14.5. The molecule has 0 spiro atoms. The largest absolute Gasteiger partial charge is 0.493 e. The minimum absolute atomic E-state index is 0.00193. The Morgan fingerprint density at radius 3 is 2.26 bits per heavy atom. The first kappa shape index (κ1) is 22.3. The third kappa shape index (κ3) is 7.55. The lowest BCUT2D eigenvalue weighted by atomic mass is 10.0. The van der Waals surface area contributed by atoms with Crippen LogP contribution in [0, 0.1) is 5.92 Å². The molecule has 1 aromatic rings. The Balaban J connectivity index is 2.84. The summed E-state index contributed by atoms with van der Waals surface area (Å²) in [6, 6.07) is 3.47. The fourth-order valence-electron chi connectivity index (χ4n) is 2.37. The highest BCUT2D eigenvalue weighted by molar-refractivity contribution is 5.97. The van der Waals surface area contributed by atoms with E-state index in [1.165, 1.54) is 25.3 Å². The molecule has 0 heterocycles. The Kier molecular flexibility index (Phi) is 8.58. The van der Waals surface area contributed by atoms with E-state index in [-0.39, 0.29) is 35.8 Å². The number of ether oxygens (including phenoxy) is 2. The predicted octanol–water partition coefficient (Wildman–Crippen LogP) is 1.83. The number of carboxylic acid groups (broad SMARTS) is 1. The minimum atomic E-state index is -1.08. The maximum absolute atomic E-state index is 12.4. The molecule has 0 aliphatic heterocycles. The average Bonchev–Trinajstić information content (AvgIpc) is 2.57. The van der Waals surface area contributed by atoms with Gasteiger partial charge in [-0.3, -0.25) is 9.59 Å². The molecular weight excluding hydrogens is 352 g/mol. The first-order valence-electron chi connectivity index (χ1n) is 8.77. The quantitative estimate of drug-likeness (QED) is 0.571. The fraction of sp³-hybridized carbons (Fsp3) is 0.526. The van der Waals surface area contributed by atoms with Crippen molar-refractivity contribution in [2.24, 2.45) is 5.92 Å². The molecule has 8 heteroatoms. The fourth-order valence-corrected chi connectivity index (χ4v) is 2.37. The number of rotatable bonds is 10. The smallest absolute Gasteiger partial charge is 0.326 e. The molecular formula is C19H28N2O6. The van der Waals surface area contributed by atoms with E-state index in [1.54, 1.807) is 0 Å². The van der Waals surface area contributed by atoms with Crippen molar-refractivity contribution in [2.45, 2.75) is 46.2 Å². The van der Waals surface area contributed by atoms with Crippen molar-refractivity contribution in [1.29, 1.82) is 0 Å². The first-order chi connectivity index (χ1) is 12.6.